The monoisotopic (exact) mass is 764 g/mol. The molecule has 2 saturated heterocycles. The quantitative estimate of drug-likeness (QED) is 0.173. The van der Waals surface area contributed by atoms with E-state index in [9.17, 15) is 14.4 Å². The summed E-state index contributed by atoms with van der Waals surface area (Å²) in [5.41, 5.74) is 7.54. The van der Waals surface area contributed by atoms with E-state index in [1.54, 1.807) is 12.3 Å². The van der Waals surface area contributed by atoms with Crippen molar-refractivity contribution in [1.82, 2.24) is 40.2 Å². The molecule has 3 N–H and O–H groups in total. The van der Waals surface area contributed by atoms with Crippen molar-refractivity contribution >= 4 is 33.6 Å². The van der Waals surface area contributed by atoms with E-state index >= 15 is 0 Å². The van der Waals surface area contributed by atoms with Gasteiger partial charge in [0.15, 0.2) is 0 Å². The summed E-state index contributed by atoms with van der Waals surface area (Å²) >= 11 is 0. The predicted molar refractivity (Wildman–Crippen MR) is 220 cm³/mol. The Morgan fingerprint density at radius 2 is 1.51 bits per heavy atom. The van der Waals surface area contributed by atoms with E-state index in [4.69, 9.17) is 14.8 Å². The molecule has 2 fully saturated rings. The van der Waals surface area contributed by atoms with Crippen LogP contribution in [0.25, 0.3) is 44.3 Å². The van der Waals surface area contributed by atoms with E-state index in [1.807, 2.05) is 60.7 Å². The second-order valence-corrected chi connectivity index (χ2v) is 16.5. The van der Waals surface area contributed by atoms with Crippen molar-refractivity contribution in [2.75, 3.05) is 13.1 Å². The minimum atomic E-state index is -0.933. The van der Waals surface area contributed by atoms with E-state index < -0.39 is 10.8 Å². The fourth-order valence-electron chi connectivity index (χ4n) is 9.69. The Hall–Kier alpha value is -6.04. The van der Waals surface area contributed by atoms with Gasteiger partial charge in [-0.2, -0.15) is 10.2 Å². The summed E-state index contributed by atoms with van der Waals surface area (Å²) in [6.45, 7) is 14.6. The normalized spacial score (nSPS) is 23.5. The molecule has 7 heterocycles. The number of hydrogen-bond acceptors (Lipinski definition) is 7. The van der Waals surface area contributed by atoms with Crippen LogP contribution in [0.4, 0.5) is 0 Å². The van der Waals surface area contributed by atoms with E-state index in [2.05, 4.69) is 65.8 Å². The summed E-state index contributed by atoms with van der Waals surface area (Å²) in [5.74, 6) is 0.0948. The summed E-state index contributed by atoms with van der Waals surface area (Å²) in [7, 11) is 0. The van der Waals surface area contributed by atoms with Gasteiger partial charge in [-0.25, -0.2) is 4.98 Å². The van der Waals surface area contributed by atoms with Gasteiger partial charge in [0.05, 0.1) is 46.2 Å². The van der Waals surface area contributed by atoms with Crippen LogP contribution in [0.15, 0.2) is 77.6 Å². The largest absolute Gasteiger partial charge is 0.446 e. The van der Waals surface area contributed by atoms with Crippen molar-refractivity contribution < 1.29 is 14.3 Å². The van der Waals surface area contributed by atoms with Gasteiger partial charge >= 0.3 is 0 Å². The van der Waals surface area contributed by atoms with E-state index in [0.717, 1.165) is 80.3 Å². The molecular formula is C45H48N8O4. The maximum atomic E-state index is 14.2. The third-order valence-electron chi connectivity index (χ3n) is 13.2. The number of rotatable bonds is 6. The highest BCUT2D eigenvalue weighted by Crippen LogP contribution is 2.48. The molecule has 0 saturated carbocycles. The van der Waals surface area contributed by atoms with E-state index in [0.29, 0.717) is 43.2 Å². The molecule has 12 nitrogen and oxygen atoms in total. The molecule has 9 rings (SSSR count). The third kappa shape index (κ3) is 5.78. The highest BCUT2D eigenvalue weighted by atomic mass is 16.5. The first-order valence-electron chi connectivity index (χ1n) is 20.0. The number of piperidine rings is 2. The number of hydrogen-bond donors (Lipinski definition) is 3. The molecule has 6 aromatic rings. The molecule has 2 aromatic carbocycles. The Morgan fingerprint density at radius 3 is 2.25 bits per heavy atom. The zero-order valence-corrected chi connectivity index (χ0v) is 33.3. The molecule has 0 aliphatic carbocycles. The van der Waals surface area contributed by atoms with E-state index in [-0.39, 0.29) is 29.2 Å². The summed E-state index contributed by atoms with van der Waals surface area (Å²) in [6.07, 6.45) is 7.82. The average Bonchev–Trinajstić information content (AvgIpc) is 3.82. The highest BCUT2D eigenvalue weighted by molar-refractivity contribution is 5.91. The molecule has 0 spiro atoms. The summed E-state index contributed by atoms with van der Waals surface area (Å²) in [4.78, 5) is 48.7. The lowest BCUT2D eigenvalue weighted by molar-refractivity contribution is -0.131. The lowest BCUT2D eigenvalue weighted by Gasteiger charge is -2.46. The van der Waals surface area contributed by atoms with Crippen molar-refractivity contribution in [3.05, 3.63) is 105 Å². The van der Waals surface area contributed by atoms with Gasteiger partial charge in [0.2, 0.25) is 17.7 Å². The van der Waals surface area contributed by atoms with Crippen LogP contribution in [0.3, 0.4) is 0 Å². The maximum absolute atomic E-state index is 14.2. The molecular weight excluding hydrogens is 717 g/mol. The molecule has 4 unspecified atom stereocenters. The van der Waals surface area contributed by atoms with Gasteiger partial charge < -0.3 is 20.4 Å². The van der Waals surface area contributed by atoms with Crippen LogP contribution in [0.5, 0.6) is 5.88 Å². The van der Waals surface area contributed by atoms with Crippen molar-refractivity contribution in [3.8, 4) is 28.4 Å². The summed E-state index contributed by atoms with van der Waals surface area (Å²) in [6, 6.07) is 16.1. The van der Waals surface area contributed by atoms with Crippen LogP contribution in [0.2, 0.25) is 0 Å². The molecule has 0 radical (unpaired) electrons. The molecule has 0 bridgehead atoms. The van der Waals surface area contributed by atoms with Crippen LogP contribution in [0, 0.1) is 25.7 Å². The number of carbonyl (C=O) groups excluding carboxylic acids is 2. The number of amides is 2. The molecule has 4 atom stereocenters. The third-order valence-corrected chi connectivity index (χ3v) is 13.2. The second kappa shape index (κ2) is 13.6. The molecule has 292 valence electrons. The fourth-order valence-corrected chi connectivity index (χ4v) is 9.69. The van der Waals surface area contributed by atoms with Gasteiger partial charge in [-0.1, -0.05) is 12.1 Å². The van der Waals surface area contributed by atoms with Crippen molar-refractivity contribution in [3.63, 3.8) is 0 Å². The predicted octanol–water partition coefficient (Wildman–Crippen LogP) is 6.61. The fraction of sp³-hybridized carbons (Fsp3) is 0.378. The van der Waals surface area contributed by atoms with Crippen LogP contribution in [-0.4, -0.2) is 54.4 Å². The van der Waals surface area contributed by atoms with Crippen LogP contribution < -0.4 is 20.9 Å². The number of carbonyl (C=O) groups is 2. The second-order valence-electron chi connectivity index (χ2n) is 16.5. The minimum Gasteiger partial charge on any atom is -0.446 e. The number of allylic oxidation sites excluding steroid dienone is 1. The molecule has 3 aliphatic rings. The number of aryl methyl sites for hydroxylation is 3. The van der Waals surface area contributed by atoms with Crippen LogP contribution in [-0.2, 0) is 33.5 Å². The van der Waals surface area contributed by atoms with Gasteiger partial charge in [-0.3, -0.25) is 23.7 Å². The summed E-state index contributed by atoms with van der Waals surface area (Å²) in [5, 5.41) is 17.7. The van der Waals surface area contributed by atoms with Crippen molar-refractivity contribution in [1.29, 1.82) is 0 Å². The lowest BCUT2D eigenvalue weighted by Crippen LogP contribution is -2.56. The zero-order valence-electron chi connectivity index (χ0n) is 33.3. The number of fused-ring (bicyclic) bond motifs is 5. The Labute approximate surface area is 330 Å². The Bertz CT molecular complexity index is 2720. The van der Waals surface area contributed by atoms with Gasteiger partial charge in [-0.05, 0) is 120 Å². The van der Waals surface area contributed by atoms with Crippen molar-refractivity contribution in [2.45, 2.75) is 84.7 Å². The van der Waals surface area contributed by atoms with Gasteiger partial charge in [-0.15, -0.1) is 0 Å². The standard InChI is InChI=1S/C45H48N8O4/c1-7-52-38-19-29(18-25(2)30(38)21-48-52)37-12-10-35-41(51-37)57-24-27(4)32(33-13-16-47-43(56)45(33,35)6)23-53-39-20-28(17-26(3)31(39)22-49-53)36-11-9-34(40(54)50-36)44(5)14-8-15-46-42(44)55/h9-12,17-22,24,32-33H,7-8,13-16,23H2,1-6H3,(H,46,55)(H,47,56)(H,50,54). The first kappa shape index (κ1) is 36.6. The number of ether oxygens (including phenoxy) is 1. The minimum absolute atomic E-state index is 0.0441. The van der Waals surface area contributed by atoms with Crippen LogP contribution in [0.1, 0.15) is 69.2 Å². The summed E-state index contributed by atoms with van der Waals surface area (Å²) < 4.78 is 10.5. The number of H-pyrrole nitrogens is 1. The highest BCUT2D eigenvalue weighted by Gasteiger charge is 2.51. The molecule has 2 amide bonds. The number of aromatic nitrogens is 6. The SMILES string of the molecule is CCn1ncc2c(C)cc(-c3ccc4c(n3)OC=C(C)C(Cn3ncc5c(C)cc(-c6ccc(C7(C)CCCNC7=O)c(=O)[nH]6)cc53)C3CCNC(=O)C43C)cc21. The zero-order chi connectivity index (χ0) is 39.8. The number of nitrogens with one attached hydrogen (secondary N) is 3. The molecule has 57 heavy (non-hydrogen) atoms. The number of aromatic amines is 1. The van der Waals surface area contributed by atoms with Crippen molar-refractivity contribution in [2.24, 2.45) is 11.8 Å². The molecule has 12 heteroatoms. The Balaban J connectivity index is 1.08. The Morgan fingerprint density at radius 1 is 0.825 bits per heavy atom. The maximum Gasteiger partial charge on any atom is 0.252 e. The first-order valence-corrected chi connectivity index (χ1v) is 20.0. The number of nitrogens with zero attached hydrogens (tertiary/aromatic N) is 5. The van der Waals surface area contributed by atoms with Gasteiger partial charge in [0.1, 0.15) is 0 Å². The lowest BCUT2D eigenvalue weighted by atomic mass is 9.61. The number of benzene rings is 2. The molecule has 3 aliphatic heterocycles. The Kier molecular flexibility index (Phi) is 8.71. The first-order chi connectivity index (χ1) is 27.4. The average molecular weight is 765 g/mol. The number of pyridine rings is 2. The molecule has 4 aromatic heterocycles. The smallest absolute Gasteiger partial charge is 0.252 e. The van der Waals surface area contributed by atoms with Gasteiger partial charge in [0.25, 0.3) is 5.56 Å². The van der Waals surface area contributed by atoms with Crippen LogP contribution >= 0.6 is 0 Å². The van der Waals surface area contributed by atoms with E-state index in [1.165, 1.54) is 0 Å². The van der Waals surface area contributed by atoms with Gasteiger partial charge in [0, 0.05) is 70.8 Å². The topological polar surface area (TPSA) is 149 Å².